The lowest BCUT2D eigenvalue weighted by molar-refractivity contribution is 0.0698. The van der Waals surface area contributed by atoms with Crippen LogP contribution in [0.3, 0.4) is 0 Å². The third kappa shape index (κ3) is 1.98. The molecule has 0 amide bonds. The van der Waals surface area contributed by atoms with Gasteiger partial charge in [-0.15, -0.1) is 0 Å². The summed E-state index contributed by atoms with van der Waals surface area (Å²) in [5, 5.41) is 28.6. The fourth-order valence-electron chi connectivity index (χ4n) is 2.18. The van der Waals surface area contributed by atoms with Gasteiger partial charge in [-0.2, -0.15) is 0 Å². The van der Waals surface area contributed by atoms with Gasteiger partial charge in [-0.1, -0.05) is 12.1 Å². The van der Waals surface area contributed by atoms with Gasteiger partial charge in [0.25, 0.3) is 0 Å². The number of hydrogen-bond acceptors (Lipinski definition) is 3. The predicted octanol–water partition coefficient (Wildman–Crippen LogP) is 1.39. The first-order chi connectivity index (χ1) is 8.56. The summed E-state index contributed by atoms with van der Waals surface area (Å²) in [7, 11) is 0. The van der Waals surface area contributed by atoms with Crippen LogP contribution in [0.1, 0.15) is 28.9 Å². The molecular formula is C13H15NO4. The zero-order valence-corrected chi connectivity index (χ0v) is 10.00. The van der Waals surface area contributed by atoms with Crippen LogP contribution in [0, 0.1) is 0 Å². The van der Waals surface area contributed by atoms with Gasteiger partial charge in [-0.3, -0.25) is 0 Å². The standard InChI is InChI=1S/C13H15NO4/c1-8(16)11-7-14(5-6-15)12-9(11)3-2-4-10(12)13(17)18/h2-4,7-8,15-16H,5-6H2,1H3,(H,17,18). The van der Waals surface area contributed by atoms with E-state index in [0.717, 1.165) is 0 Å². The Kier molecular flexibility index (Phi) is 3.36. The summed E-state index contributed by atoms with van der Waals surface area (Å²) in [6.45, 7) is 1.84. The first kappa shape index (κ1) is 12.6. The van der Waals surface area contributed by atoms with E-state index in [9.17, 15) is 15.0 Å². The number of aromatic nitrogens is 1. The van der Waals surface area contributed by atoms with Crippen LogP contribution < -0.4 is 0 Å². The molecule has 0 saturated carbocycles. The fraction of sp³-hybridized carbons (Fsp3) is 0.308. The van der Waals surface area contributed by atoms with Gasteiger partial charge in [-0.25, -0.2) is 4.79 Å². The molecule has 0 spiro atoms. The van der Waals surface area contributed by atoms with Gasteiger partial charge in [0.15, 0.2) is 0 Å². The third-order valence-corrected chi connectivity index (χ3v) is 2.95. The molecule has 1 aromatic carbocycles. The van der Waals surface area contributed by atoms with Crippen molar-refractivity contribution in [2.75, 3.05) is 6.61 Å². The molecule has 0 radical (unpaired) electrons. The largest absolute Gasteiger partial charge is 0.478 e. The van der Waals surface area contributed by atoms with Crippen molar-refractivity contribution < 1.29 is 20.1 Å². The zero-order chi connectivity index (χ0) is 13.3. The van der Waals surface area contributed by atoms with Crippen molar-refractivity contribution in [3.05, 3.63) is 35.5 Å². The van der Waals surface area contributed by atoms with E-state index in [1.165, 1.54) is 6.07 Å². The topological polar surface area (TPSA) is 82.7 Å². The maximum Gasteiger partial charge on any atom is 0.337 e. The van der Waals surface area contributed by atoms with E-state index in [1.54, 1.807) is 29.8 Å². The van der Waals surface area contributed by atoms with E-state index in [4.69, 9.17) is 5.11 Å². The highest BCUT2D eigenvalue weighted by atomic mass is 16.4. The van der Waals surface area contributed by atoms with Crippen molar-refractivity contribution in [2.24, 2.45) is 0 Å². The molecule has 1 heterocycles. The molecule has 96 valence electrons. The smallest absolute Gasteiger partial charge is 0.337 e. The van der Waals surface area contributed by atoms with E-state index in [0.29, 0.717) is 23.0 Å². The molecule has 3 N–H and O–H groups in total. The monoisotopic (exact) mass is 249 g/mol. The maximum atomic E-state index is 11.2. The Balaban J connectivity index is 2.78. The van der Waals surface area contributed by atoms with Crippen LogP contribution in [0.5, 0.6) is 0 Å². The Morgan fingerprint density at radius 1 is 1.44 bits per heavy atom. The number of nitrogens with zero attached hydrogens (tertiary/aromatic N) is 1. The number of carbonyl (C=O) groups is 1. The number of para-hydroxylation sites is 1. The Bertz CT molecular complexity index is 586. The van der Waals surface area contributed by atoms with E-state index < -0.39 is 12.1 Å². The number of aliphatic hydroxyl groups is 2. The first-order valence-electron chi connectivity index (χ1n) is 5.70. The minimum atomic E-state index is -1.02. The van der Waals surface area contributed by atoms with Crippen LogP contribution in [-0.4, -0.2) is 32.5 Å². The number of fused-ring (bicyclic) bond motifs is 1. The number of benzene rings is 1. The van der Waals surface area contributed by atoms with Crippen molar-refractivity contribution in [1.29, 1.82) is 0 Å². The molecule has 2 rings (SSSR count). The summed E-state index contributed by atoms with van der Waals surface area (Å²) in [5.41, 5.74) is 1.38. The number of aliphatic hydroxyl groups excluding tert-OH is 2. The van der Waals surface area contributed by atoms with Crippen molar-refractivity contribution in [3.8, 4) is 0 Å². The fourth-order valence-corrected chi connectivity index (χ4v) is 2.18. The highest BCUT2D eigenvalue weighted by Gasteiger charge is 2.17. The van der Waals surface area contributed by atoms with E-state index >= 15 is 0 Å². The predicted molar refractivity (Wildman–Crippen MR) is 66.6 cm³/mol. The van der Waals surface area contributed by atoms with Crippen LogP contribution >= 0.6 is 0 Å². The maximum absolute atomic E-state index is 11.2. The minimum absolute atomic E-state index is 0.0863. The molecule has 0 aliphatic carbocycles. The van der Waals surface area contributed by atoms with Crippen LogP contribution in [0.4, 0.5) is 0 Å². The number of hydrogen-bond donors (Lipinski definition) is 3. The van der Waals surface area contributed by atoms with Gasteiger partial charge in [0.2, 0.25) is 0 Å². The SMILES string of the molecule is CC(O)c1cn(CCO)c2c(C(=O)O)cccc12. The quantitative estimate of drug-likeness (QED) is 0.764. The third-order valence-electron chi connectivity index (χ3n) is 2.95. The number of carboxylic acid groups (broad SMARTS) is 1. The van der Waals surface area contributed by atoms with Crippen molar-refractivity contribution >= 4 is 16.9 Å². The molecule has 1 aromatic heterocycles. The second-order valence-electron chi connectivity index (χ2n) is 4.18. The van der Waals surface area contributed by atoms with Crippen LogP contribution in [0.15, 0.2) is 24.4 Å². The minimum Gasteiger partial charge on any atom is -0.478 e. The highest BCUT2D eigenvalue weighted by molar-refractivity contribution is 6.03. The van der Waals surface area contributed by atoms with Gasteiger partial charge in [0.1, 0.15) is 0 Å². The lowest BCUT2D eigenvalue weighted by atomic mass is 10.1. The number of rotatable bonds is 4. The molecule has 5 heteroatoms. The summed E-state index contributed by atoms with van der Waals surface area (Å²) in [5.74, 6) is -1.02. The zero-order valence-electron chi connectivity index (χ0n) is 10.00. The van der Waals surface area contributed by atoms with E-state index in [1.807, 2.05) is 0 Å². The molecule has 0 fully saturated rings. The Morgan fingerprint density at radius 3 is 2.72 bits per heavy atom. The van der Waals surface area contributed by atoms with Crippen molar-refractivity contribution in [1.82, 2.24) is 4.57 Å². The molecule has 0 aliphatic heterocycles. The molecule has 2 aromatic rings. The number of aromatic carboxylic acids is 1. The van der Waals surface area contributed by atoms with Crippen molar-refractivity contribution in [2.45, 2.75) is 19.6 Å². The van der Waals surface area contributed by atoms with Gasteiger partial charge in [-0.05, 0) is 13.0 Å². The molecule has 0 aliphatic rings. The second-order valence-corrected chi connectivity index (χ2v) is 4.18. The summed E-state index contributed by atoms with van der Waals surface area (Å²) in [4.78, 5) is 11.2. The average molecular weight is 249 g/mol. The normalized spacial score (nSPS) is 12.8. The molecule has 18 heavy (non-hydrogen) atoms. The molecular weight excluding hydrogens is 234 g/mol. The Labute approximate surface area is 104 Å². The van der Waals surface area contributed by atoms with Crippen molar-refractivity contribution in [3.63, 3.8) is 0 Å². The summed E-state index contributed by atoms with van der Waals surface area (Å²) < 4.78 is 1.67. The Hall–Kier alpha value is -1.85. The van der Waals surface area contributed by atoms with E-state index in [-0.39, 0.29) is 12.2 Å². The van der Waals surface area contributed by atoms with E-state index in [2.05, 4.69) is 0 Å². The van der Waals surface area contributed by atoms with Crippen LogP contribution in [0.25, 0.3) is 10.9 Å². The van der Waals surface area contributed by atoms with Crippen LogP contribution in [0.2, 0.25) is 0 Å². The van der Waals surface area contributed by atoms with Gasteiger partial charge in [0.05, 0.1) is 23.8 Å². The van der Waals surface area contributed by atoms with Crippen LogP contribution in [-0.2, 0) is 6.54 Å². The molecule has 0 saturated heterocycles. The molecule has 1 atom stereocenters. The average Bonchev–Trinajstić information content (AvgIpc) is 2.69. The molecule has 0 bridgehead atoms. The van der Waals surface area contributed by atoms with Gasteiger partial charge in [0, 0.05) is 23.7 Å². The summed E-state index contributed by atoms with van der Waals surface area (Å²) in [6.07, 6.45) is 1.01. The first-order valence-corrected chi connectivity index (χ1v) is 5.70. The molecule has 5 nitrogen and oxygen atoms in total. The van der Waals surface area contributed by atoms with Gasteiger partial charge >= 0.3 is 5.97 Å². The summed E-state index contributed by atoms with van der Waals surface area (Å²) >= 11 is 0. The number of carboxylic acids is 1. The van der Waals surface area contributed by atoms with Gasteiger partial charge < -0.3 is 19.9 Å². The summed E-state index contributed by atoms with van der Waals surface area (Å²) in [6, 6.07) is 4.95. The lowest BCUT2D eigenvalue weighted by Gasteiger charge is -2.05. The second kappa shape index (κ2) is 4.80. The molecule has 1 unspecified atom stereocenters. The highest BCUT2D eigenvalue weighted by Crippen LogP contribution is 2.29. The lowest BCUT2D eigenvalue weighted by Crippen LogP contribution is -2.05. The Morgan fingerprint density at radius 2 is 2.17 bits per heavy atom.